The minimum Gasteiger partial charge on any atom is -0.337 e. The van der Waals surface area contributed by atoms with Crippen molar-refractivity contribution in [2.75, 3.05) is 0 Å². The molecule has 5 heteroatoms. The molecule has 0 N–H and O–H groups in total. The molecule has 0 aliphatic heterocycles. The lowest BCUT2D eigenvalue weighted by Gasteiger charge is -2.22. The molecule has 4 nitrogen and oxygen atoms in total. The smallest absolute Gasteiger partial charge is 0.254 e. The van der Waals surface area contributed by atoms with E-state index in [1.807, 2.05) is 47.8 Å². The minimum absolute atomic E-state index is 0.0879. The Balaban J connectivity index is 1.86. The number of amides is 1. The van der Waals surface area contributed by atoms with Crippen LogP contribution < -0.4 is 0 Å². The quantitative estimate of drug-likeness (QED) is 0.850. The second kappa shape index (κ2) is 5.64. The summed E-state index contributed by atoms with van der Waals surface area (Å²) in [6.45, 7) is 2.57. The maximum Gasteiger partial charge on any atom is 0.254 e. The minimum atomic E-state index is 0.0879. The molecule has 3 rings (SSSR count). The van der Waals surface area contributed by atoms with Gasteiger partial charge >= 0.3 is 0 Å². The molecule has 0 atom stereocenters. The van der Waals surface area contributed by atoms with Crippen LogP contribution in [-0.4, -0.2) is 26.4 Å². The van der Waals surface area contributed by atoms with Gasteiger partial charge in [-0.15, -0.1) is 0 Å². The van der Waals surface area contributed by atoms with Crippen molar-refractivity contribution in [3.8, 4) is 0 Å². The van der Waals surface area contributed by atoms with Crippen LogP contribution in [-0.2, 0) is 13.6 Å². The lowest BCUT2D eigenvalue weighted by Crippen LogP contribution is -2.33. The van der Waals surface area contributed by atoms with Crippen molar-refractivity contribution in [3.05, 3.63) is 52.0 Å². The van der Waals surface area contributed by atoms with Crippen molar-refractivity contribution in [2.45, 2.75) is 32.4 Å². The van der Waals surface area contributed by atoms with Crippen LogP contribution in [0.2, 0.25) is 0 Å². The summed E-state index contributed by atoms with van der Waals surface area (Å²) in [5.74, 6) is 1.01. The Bertz CT molecular complexity index is 656. The van der Waals surface area contributed by atoms with Gasteiger partial charge in [0.25, 0.3) is 5.91 Å². The van der Waals surface area contributed by atoms with E-state index in [9.17, 15) is 4.79 Å². The van der Waals surface area contributed by atoms with E-state index < -0.39 is 0 Å². The fourth-order valence-electron chi connectivity index (χ4n) is 2.48. The number of hydrogen-bond acceptors (Lipinski definition) is 2. The third-order valence-corrected chi connectivity index (χ3v) is 4.23. The van der Waals surface area contributed by atoms with E-state index in [0.29, 0.717) is 12.6 Å². The fourth-order valence-corrected chi connectivity index (χ4v) is 3.09. The van der Waals surface area contributed by atoms with Gasteiger partial charge in [-0.3, -0.25) is 4.79 Å². The third kappa shape index (κ3) is 3.18. The van der Waals surface area contributed by atoms with E-state index in [1.165, 1.54) is 0 Å². The number of hydrogen-bond donors (Lipinski definition) is 0. The molecule has 1 fully saturated rings. The first-order valence-electron chi connectivity index (χ1n) is 7.09. The number of carbonyl (C=O) groups is 1. The van der Waals surface area contributed by atoms with Gasteiger partial charge in [-0.25, -0.2) is 4.98 Å². The Labute approximate surface area is 132 Å². The lowest BCUT2D eigenvalue weighted by molar-refractivity contribution is 0.0724. The Morgan fingerprint density at radius 1 is 1.43 bits per heavy atom. The molecule has 1 aromatic heterocycles. The van der Waals surface area contributed by atoms with E-state index in [4.69, 9.17) is 0 Å². The summed E-state index contributed by atoms with van der Waals surface area (Å²) >= 11 is 3.47. The highest BCUT2D eigenvalue weighted by molar-refractivity contribution is 9.10. The van der Waals surface area contributed by atoms with E-state index in [1.54, 1.807) is 6.20 Å². The molecule has 1 amide bonds. The van der Waals surface area contributed by atoms with Gasteiger partial charge < -0.3 is 9.47 Å². The van der Waals surface area contributed by atoms with Gasteiger partial charge in [0.2, 0.25) is 0 Å². The summed E-state index contributed by atoms with van der Waals surface area (Å²) in [5.41, 5.74) is 1.82. The molecule has 0 radical (unpaired) electrons. The molecule has 1 heterocycles. The van der Waals surface area contributed by atoms with Gasteiger partial charge in [-0.2, -0.15) is 0 Å². The first-order chi connectivity index (χ1) is 10.0. The van der Waals surface area contributed by atoms with Gasteiger partial charge in [0.05, 0.1) is 6.54 Å². The van der Waals surface area contributed by atoms with Crippen LogP contribution in [0, 0.1) is 6.92 Å². The van der Waals surface area contributed by atoms with Crippen LogP contribution in [0.1, 0.15) is 34.6 Å². The second-order valence-electron chi connectivity index (χ2n) is 5.64. The largest absolute Gasteiger partial charge is 0.337 e. The average Bonchev–Trinajstić information content (AvgIpc) is 3.18. The van der Waals surface area contributed by atoms with Gasteiger partial charge in [0.15, 0.2) is 0 Å². The monoisotopic (exact) mass is 347 g/mol. The molecule has 0 unspecified atom stereocenters. The Morgan fingerprint density at radius 2 is 2.19 bits per heavy atom. The van der Waals surface area contributed by atoms with Crippen molar-refractivity contribution >= 4 is 21.8 Å². The van der Waals surface area contributed by atoms with Crippen molar-refractivity contribution in [3.63, 3.8) is 0 Å². The number of imidazole rings is 1. The zero-order chi connectivity index (χ0) is 15.0. The predicted molar refractivity (Wildman–Crippen MR) is 85.0 cm³/mol. The van der Waals surface area contributed by atoms with E-state index in [-0.39, 0.29) is 5.91 Å². The number of rotatable bonds is 4. The van der Waals surface area contributed by atoms with Crippen LogP contribution in [0.3, 0.4) is 0 Å². The number of carbonyl (C=O) groups excluding carboxylic acids is 1. The third-order valence-electron chi connectivity index (χ3n) is 3.77. The summed E-state index contributed by atoms with van der Waals surface area (Å²) in [6, 6.07) is 6.20. The normalized spacial score (nSPS) is 14.2. The van der Waals surface area contributed by atoms with Crippen LogP contribution in [0.4, 0.5) is 0 Å². The van der Waals surface area contributed by atoms with Crippen molar-refractivity contribution in [1.29, 1.82) is 0 Å². The van der Waals surface area contributed by atoms with Crippen LogP contribution in [0.25, 0.3) is 0 Å². The first-order valence-corrected chi connectivity index (χ1v) is 7.88. The Kier molecular flexibility index (Phi) is 3.85. The van der Waals surface area contributed by atoms with E-state index in [2.05, 4.69) is 20.9 Å². The van der Waals surface area contributed by atoms with Crippen molar-refractivity contribution in [1.82, 2.24) is 14.5 Å². The summed E-state index contributed by atoms with van der Waals surface area (Å²) < 4.78 is 2.91. The number of aryl methyl sites for hydroxylation is 2. The standard InChI is InChI=1S/C16H18BrN3O/c1-11-7-12(9-13(17)8-11)16(21)20(14-3-4-14)10-15-18-5-6-19(15)2/h5-9,14H,3-4,10H2,1-2H3. The summed E-state index contributed by atoms with van der Waals surface area (Å²) in [6.07, 6.45) is 5.86. The molecular weight excluding hydrogens is 330 g/mol. The Hall–Kier alpha value is -1.62. The van der Waals surface area contributed by atoms with Crippen molar-refractivity contribution < 1.29 is 4.79 Å². The highest BCUT2D eigenvalue weighted by atomic mass is 79.9. The van der Waals surface area contributed by atoms with Gasteiger partial charge in [0.1, 0.15) is 5.82 Å². The molecule has 1 aliphatic carbocycles. The number of aromatic nitrogens is 2. The number of nitrogens with zero attached hydrogens (tertiary/aromatic N) is 3. The molecular formula is C16H18BrN3O. The van der Waals surface area contributed by atoms with Crippen LogP contribution in [0.5, 0.6) is 0 Å². The highest BCUT2D eigenvalue weighted by Gasteiger charge is 2.33. The predicted octanol–water partition coefficient (Wildman–Crippen LogP) is 3.30. The van der Waals surface area contributed by atoms with E-state index in [0.717, 1.165) is 34.3 Å². The lowest BCUT2D eigenvalue weighted by atomic mass is 10.1. The highest BCUT2D eigenvalue weighted by Crippen LogP contribution is 2.30. The molecule has 2 aromatic rings. The molecule has 0 bridgehead atoms. The summed E-state index contributed by atoms with van der Waals surface area (Å²) in [4.78, 5) is 19.1. The zero-order valence-electron chi connectivity index (χ0n) is 12.2. The SMILES string of the molecule is Cc1cc(Br)cc(C(=O)N(Cc2nccn2C)C2CC2)c1. The number of halogens is 1. The topological polar surface area (TPSA) is 38.1 Å². The average molecular weight is 348 g/mol. The molecule has 1 aromatic carbocycles. The van der Waals surface area contributed by atoms with Gasteiger partial charge in [-0.05, 0) is 43.5 Å². The molecule has 21 heavy (non-hydrogen) atoms. The molecule has 1 saturated carbocycles. The summed E-state index contributed by atoms with van der Waals surface area (Å²) in [5, 5.41) is 0. The van der Waals surface area contributed by atoms with Crippen LogP contribution >= 0.6 is 15.9 Å². The maximum absolute atomic E-state index is 12.8. The first kappa shape index (κ1) is 14.3. The molecule has 110 valence electrons. The number of benzene rings is 1. The Morgan fingerprint density at radius 3 is 2.76 bits per heavy atom. The van der Waals surface area contributed by atoms with Crippen molar-refractivity contribution in [2.24, 2.45) is 7.05 Å². The molecule has 1 aliphatic rings. The molecule has 0 saturated heterocycles. The van der Waals surface area contributed by atoms with E-state index >= 15 is 0 Å². The zero-order valence-corrected chi connectivity index (χ0v) is 13.8. The second-order valence-corrected chi connectivity index (χ2v) is 6.55. The fraction of sp³-hybridized carbons (Fsp3) is 0.375. The van der Waals surface area contributed by atoms with Crippen LogP contribution in [0.15, 0.2) is 35.1 Å². The van der Waals surface area contributed by atoms with Gasteiger partial charge in [-0.1, -0.05) is 15.9 Å². The van der Waals surface area contributed by atoms with Gasteiger partial charge in [0, 0.05) is 35.5 Å². The maximum atomic E-state index is 12.8. The molecule has 0 spiro atoms. The summed E-state index contributed by atoms with van der Waals surface area (Å²) in [7, 11) is 1.96.